The van der Waals surface area contributed by atoms with E-state index in [9.17, 15) is 22.4 Å². The van der Waals surface area contributed by atoms with E-state index in [0.717, 1.165) is 4.31 Å². The van der Waals surface area contributed by atoms with Crippen molar-refractivity contribution in [3.63, 3.8) is 0 Å². The second-order valence-corrected chi connectivity index (χ2v) is 10.6. The van der Waals surface area contributed by atoms with Gasteiger partial charge in [-0.1, -0.05) is 6.07 Å². The predicted molar refractivity (Wildman–Crippen MR) is 135 cm³/mol. The molecule has 1 aliphatic rings. The van der Waals surface area contributed by atoms with Gasteiger partial charge in [-0.15, -0.1) is 12.4 Å². The Morgan fingerprint density at radius 3 is 2.42 bits per heavy atom. The fourth-order valence-corrected chi connectivity index (χ4v) is 5.64. The molecule has 2 atom stereocenters. The van der Waals surface area contributed by atoms with Crippen molar-refractivity contribution >= 4 is 45.2 Å². The van der Waals surface area contributed by atoms with Crippen LogP contribution in [0.2, 0.25) is 0 Å². The lowest BCUT2D eigenvalue weighted by Gasteiger charge is -2.17. The number of alkyl halides is 1. The number of nitrogens with zero attached hydrogens (tertiary/aromatic N) is 2. The van der Waals surface area contributed by atoms with Crippen LogP contribution in [0, 0.1) is 18.6 Å². The summed E-state index contributed by atoms with van der Waals surface area (Å²) in [6.45, 7) is 0.867. The fraction of sp³-hybridized carbons (Fsp3) is 0.292. The molecule has 9 nitrogen and oxygen atoms in total. The first-order chi connectivity index (χ1) is 17.4. The summed E-state index contributed by atoms with van der Waals surface area (Å²) in [5.41, 5.74) is 5.47. The monoisotopic (exact) mass is 572 g/mol. The number of nitrogens with two attached hydrogens (primary N) is 1. The molecule has 3 aromatic rings. The topological polar surface area (TPSA) is 143 Å². The van der Waals surface area contributed by atoms with E-state index < -0.39 is 56.2 Å². The molecule has 0 spiro atoms. The number of carboxylic acid groups (broad SMARTS) is 1. The lowest BCUT2D eigenvalue weighted by molar-refractivity contribution is -0.138. The van der Waals surface area contributed by atoms with E-state index in [-0.39, 0.29) is 55.2 Å². The lowest BCUT2D eigenvalue weighted by atomic mass is 10.0. The van der Waals surface area contributed by atoms with Crippen molar-refractivity contribution in [3.05, 3.63) is 59.2 Å². The lowest BCUT2D eigenvalue weighted by Crippen LogP contribution is -2.45. The number of halogens is 4. The Morgan fingerprint density at radius 2 is 1.87 bits per heavy atom. The number of amides is 1. The molecule has 0 radical (unpaired) electrons. The number of carboxylic acids is 1. The molecule has 0 aliphatic carbocycles. The van der Waals surface area contributed by atoms with Crippen LogP contribution in [0.1, 0.15) is 22.3 Å². The average molecular weight is 573 g/mol. The Labute approximate surface area is 222 Å². The summed E-state index contributed by atoms with van der Waals surface area (Å²) >= 11 is 0. The summed E-state index contributed by atoms with van der Waals surface area (Å²) in [4.78, 5) is 27.3. The first-order valence-electron chi connectivity index (χ1n) is 11.2. The minimum absolute atomic E-state index is 0. The van der Waals surface area contributed by atoms with Crippen LogP contribution in [0.25, 0.3) is 22.2 Å². The van der Waals surface area contributed by atoms with Crippen LogP contribution in [0.4, 0.5) is 13.2 Å². The predicted octanol–water partition coefficient (Wildman–Crippen LogP) is 2.78. The van der Waals surface area contributed by atoms with Crippen LogP contribution in [-0.4, -0.2) is 66.5 Å². The third kappa shape index (κ3) is 5.60. The number of fused-ring (bicyclic) bond motifs is 1. The quantitative estimate of drug-likeness (QED) is 0.395. The first-order valence-corrected chi connectivity index (χ1v) is 12.6. The summed E-state index contributed by atoms with van der Waals surface area (Å²) in [6, 6.07) is 5.80. The number of aliphatic carboxylic acids is 1. The third-order valence-electron chi connectivity index (χ3n) is 6.12. The summed E-state index contributed by atoms with van der Waals surface area (Å²) in [7, 11) is -4.29. The van der Waals surface area contributed by atoms with Gasteiger partial charge in [0.25, 0.3) is 5.91 Å². The number of aromatic nitrogens is 1. The summed E-state index contributed by atoms with van der Waals surface area (Å²) < 4.78 is 70.0. The molecule has 2 aromatic carbocycles. The maximum Gasteiger partial charge on any atom is 0.327 e. The van der Waals surface area contributed by atoms with Crippen molar-refractivity contribution in [2.45, 2.75) is 30.5 Å². The van der Waals surface area contributed by atoms with E-state index in [2.05, 4.69) is 10.3 Å². The van der Waals surface area contributed by atoms with E-state index in [1.165, 1.54) is 18.2 Å². The van der Waals surface area contributed by atoms with E-state index >= 15 is 8.78 Å². The normalized spacial score (nSPS) is 16.7. The van der Waals surface area contributed by atoms with Crippen LogP contribution in [0.3, 0.4) is 0 Å². The van der Waals surface area contributed by atoms with Crippen molar-refractivity contribution in [2.24, 2.45) is 5.73 Å². The van der Waals surface area contributed by atoms with Crippen LogP contribution in [0.15, 0.2) is 41.3 Å². The molecule has 0 bridgehead atoms. The molecule has 0 saturated carbocycles. The standard InChI is InChI=1S/C24H23F3N4O5S.ClH/c1-12-6-20(29-19-7-13(2-3-16(12)19)23(32)30-21(10-28)24(33)34)22-17(26)8-15(9-18(22)27)37(35,36)31-5-4-14(25)11-31;/h2-3,6-9,14,21H,4-5,10-11,28H2,1H3,(H,30,32)(H,33,34);1H/t14-,21?;/m0./s1. The van der Waals surface area contributed by atoms with Gasteiger partial charge in [-0.25, -0.2) is 31.4 Å². The molecule has 1 saturated heterocycles. The van der Waals surface area contributed by atoms with Gasteiger partial charge >= 0.3 is 5.97 Å². The van der Waals surface area contributed by atoms with Crippen molar-refractivity contribution < 1.29 is 36.3 Å². The molecule has 2 heterocycles. The summed E-state index contributed by atoms with van der Waals surface area (Å²) in [5, 5.41) is 11.9. The van der Waals surface area contributed by atoms with Crippen molar-refractivity contribution in [1.29, 1.82) is 0 Å². The number of benzene rings is 2. The molecule has 1 aliphatic heterocycles. The summed E-state index contributed by atoms with van der Waals surface area (Å²) in [5.74, 6) is -4.39. The first kappa shape index (κ1) is 29.3. The van der Waals surface area contributed by atoms with E-state index in [4.69, 9.17) is 10.8 Å². The van der Waals surface area contributed by atoms with Gasteiger partial charge in [0.2, 0.25) is 10.0 Å². The van der Waals surface area contributed by atoms with Crippen molar-refractivity contribution in [2.75, 3.05) is 19.6 Å². The number of pyridine rings is 1. The molecular formula is C24H24ClF3N4O5S. The second-order valence-electron chi connectivity index (χ2n) is 8.67. The number of hydrogen-bond acceptors (Lipinski definition) is 6. The Bertz CT molecular complexity index is 1500. The number of carbonyl (C=O) groups is 2. The van der Waals surface area contributed by atoms with E-state index in [1.807, 2.05) is 0 Å². The molecule has 38 heavy (non-hydrogen) atoms. The highest BCUT2D eigenvalue weighted by molar-refractivity contribution is 7.89. The zero-order valence-corrected chi connectivity index (χ0v) is 21.6. The number of carbonyl (C=O) groups excluding carboxylic acids is 1. The minimum atomic E-state index is -4.29. The van der Waals surface area contributed by atoms with Gasteiger partial charge in [0.15, 0.2) is 0 Å². The summed E-state index contributed by atoms with van der Waals surface area (Å²) in [6.07, 6.45) is -1.34. The van der Waals surface area contributed by atoms with E-state index in [0.29, 0.717) is 23.1 Å². The van der Waals surface area contributed by atoms with Crippen LogP contribution >= 0.6 is 12.4 Å². The number of rotatable bonds is 7. The zero-order chi connectivity index (χ0) is 27.1. The highest BCUT2D eigenvalue weighted by Gasteiger charge is 2.34. The highest BCUT2D eigenvalue weighted by Crippen LogP contribution is 2.32. The van der Waals surface area contributed by atoms with Crippen molar-refractivity contribution in [1.82, 2.24) is 14.6 Å². The molecule has 204 valence electrons. The molecule has 1 amide bonds. The van der Waals surface area contributed by atoms with Crippen molar-refractivity contribution in [3.8, 4) is 11.3 Å². The van der Waals surface area contributed by atoms with Gasteiger partial charge in [0, 0.05) is 30.6 Å². The Morgan fingerprint density at radius 1 is 1.21 bits per heavy atom. The number of nitrogens with one attached hydrogen (secondary N) is 1. The number of aryl methyl sites for hydroxylation is 1. The molecule has 4 N–H and O–H groups in total. The SMILES string of the molecule is Cc1cc(-c2c(F)cc(S(=O)(=O)N3CC[C@H](F)C3)cc2F)nc2cc(C(=O)NC(CN)C(=O)O)ccc12.Cl. The van der Waals surface area contributed by atoms with Gasteiger partial charge < -0.3 is 16.2 Å². The molecule has 1 fully saturated rings. The Kier molecular flexibility index (Phi) is 8.66. The van der Waals surface area contributed by atoms with Gasteiger partial charge in [0.1, 0.15) is 23.8 Å². The van der Waals surface area contributed by atoms with Gasteiger partial charge in [0.05, 0.1) is 21.7 Å². The van der Waals surface area contributed by atoms with Gasteiger partial charge in [-0.3, -0.25) is 4.79 Å². The molecule has 4 rings (SSSR count). The number of hydrogen-bond donors (Lipinski definition) is 3. The zero-order valence-electron chi connectivity index (χ0n) is 19.9. The Hall–Kier alpha value is -3.26. The third-order valence-corrected chi connectivity index (χ3v) is 7.96. The maximum atomic E-state index is 15.1. The van der Waals surface area contributed by atoms with Crippen LogP contribution in [-0.2, 0) is 14.8 Å². The van der Waals surface area contributed by atoms with Gasteiger partial charge in [-0.05, 0) is 49.2 Å². The Balaban J connectivity index is 0.00000400. The second kappa shape index (κ2) is 11.2. The van der Waals surface area contributed by atoms with Crippen LogP contribution in [0.5, 0.6) is 0 Å². The molecular weight excluding hydrogens is 549 g/mol. The maximum absolute atomic E-state index is 15.1. The van der Waals surface area contributed by atoms with Gasteiger partial charge in [-0.2, -0.15) is 4.31 Å². The fourth-order valence-electron chi connectivity index (χ4n) is 4.13. The smallest absolute Gasteiger partial charge is 0.327 e. The number of sulfonamides is 1. The van der Waals surface area contributed by atoms with Crippen LogP contribution < -0.4 is 11.1 Å². The largest absolute Gasteiger partial charge is 0.480 e. The average Bonchev–Trinajstić information content (AvgIpc) is 3.28. The van der Waals surface area contributed by atoms with E-state index in [1.54, 1.807) is 13.0 Å². The minimum Gasteiger partial charge on any atom is -0.480 e. The molecule has 14 heteroatoms. The molecule has 1 unspecified atom stereocenters. The molecule has 1 aromatic heterocycles. The highest BCUT2D eigenvalue weighted by atomic mass is 35.5.